The Kier molecular flexibility index (Phi) is 5.70. The van der Waals surface area contributed by atoms with E-state index in [9.17, 15) is 0 Å². The normalized spacial score (nSPS) is 11.4. The van der Waals surface area contributed by atoms with Crippen LogP contribution in [-0.2, 0) is 9.58 Å². The molecule has 3 aromatic carbocycles. The molecule has 0 unspecified atom stereocenters. The molecule has 3 rings (SSSR count). The molecule has 2 N–H and O–H groups in total. The van der Waals surface area contributed by atoms with E-state index in [0.29, 0.717) is 6.61 Å². The molecule has 24 heavy (non-hydrogen) atoms. The van der Waals surface area contributed by atoms with E-state index in [2.05, 4.69) is 91.0 Å². The Morgan fingerprint density at radius 3 is 1.38 bits per heavy atom. The molecule has 0 aliphatic rings. The second-order valence-corrected chi connectivity index (χ2v) is 6.81. The average Bonchev–Trinajstić information content (AvgIpc) is 2.68. The highest BCUT2D eigenvalue weighted by Gasteiger charge is 2.36. The monoisotopic (exact) mass is 335 g/mol. The first-order chi connectivity index (χ1) is 11.9. The van der Waals surface area contributed by atoms with Gasteiger partial charge in [-0.1, -0.05) is 91.0 Å². The molecule has 3 heteroatoms. The lowest BCUT2D eigenvalue weighted by Gasteiger charge is -2.35. The van der Waals surface area contributed by atoms with E-state index in [4.69, 9.17) is 10.7 Å². The Morgan fingerprint density at radius 2 is 1.04 bits per heavy atom. The van der Waals surface area contributed by atoms with Crippen molar-refractivity contribution < 1.29 is 4.84 Å². The van der Waals surface area contributed by atoms with Crippen LogP contribution in [0.2, 0.25) is 0 Å². The molecule has 122 valence electrons. The first-order valence-electron chi connectivity index (χ1n) is 8.00. The number of benzene rings is 3. The van der Waals surface area contributed by atoms with Crippen molar-refractivity contribution >= 4 is 11.8 Å². The van der Waals surface area contributed by atoms with Crippen LogP contribution in [0.15, 0.2) is 91.0 Å². The summed E-state index contributed by atoms with van der Waals surface area (Å²) in [6, 6.07) is 31.9. The van der Waals surface area contributed by atoms with E-state index in [1.54, 1.807) is 0 Å². The van der Waals surface area contributed by atoms with E-state index in [1.165, 1.54) is 16.7 Å². The minimum atomic E-state index is -0.289. The Labute approximate surface area is 147 Å². The second kappa shape index (κ2) is 8.15. The molecule has 0 aliphatic carbocycles. The maximum absolute atomic E-state index is 5.26. The molecule has 0 heterocycles. The molecule has 0 bridgehead atoms. The summed E-state index contributed by atoms with van der Waals surface area (Å²) in [7, 11) is 0. The fourth-order valence-corrected chi connectivity index (χ4v) is 4.41. The van der Waals surface area contributed by atoms with Gasteiger partial charge >= 0.3 is 0 Å². The van der Waals surface area contributed by atoms with Crippen molar-refractivity contribution in [3.05, 3.63) is 108 Å². The lowest BCUT2D eigenvalue weighted by atomic mass is 9.84. The molecule has 3 aromatic rings. The third-order valence-electron chi connectivity index (χ3n) is 4.06. The third-order valence-corrected chi connectivity index (χ3v) is 5.57. The molecule has 0 spiro atoms. The average molecular weight is 335 g/mol. The van der Waals surface area contributed by atoms with Crippen LogP contribution < -0.4 is 5.90 Å². The topological polar surface area (TPSA) is 35.2 Å². The number of hydrogen-bond donors (Lipinski definition) is 1. The predicted molar refractivity (Wildman–Crippen MR) is 102 cm³/mol. The Morgan fingerprint density at radius 1 is 0.667 bits per heavy atom. The van der Waals surface area contributed by atoms with Crippen LogP contribution >= 0.6 is 11.8 Å². The van der Waals surface area contributed by atoms with Gasteiger partial charge in [0.15, 0.2) is 0 Å². The molecule has 2 nitrogen and oxygen atoms in total. The SMILES string of the molecule is NOCCSC(c1ccccc1)(c1ccccc1)c1ccccc1. The predicted octanol–water partition coefficient (Wildman–Crippen LogP) is 4.60. The summed E-state index contributed by atoms with van der Waals surface area (Å²) in [5.74, 6) is 6.06. The van der Waals surface area contributed by atoms with Gasteiger partial charge in [0.05, 0.1) is 11.4 Å². The maximum atomic E-state index is 5.26. The van der Waals surface area contributed by atoms with Gasteiger partial charge in [-0.05, 0) is 16.7 Å². The van der Waals surface area contributed by atoms with Crippen molar-refractivity contribution in [1.29, 1.82) is 0 Å². The number of hydrogen-bond acceptors (Lipinski definition) is 3. The van der Waals surface area contributed by atoms with Crippen LogP contribution in [-0.4, -0.2) is 12.4 Å². The van der Waals surface area contributed by atoms with Crippen molar-refractivity contribution in [3.63, 3.8) is 0 Å². The third kappa shape index (κ3) is 3.39. The minimum Gasteiger partial charge on any atom is -0.304 e. The largest absolute Gasteiger partial charge is 0.304 e. The Bertz CT molecular complexity index is 635. The van der Waals surface area contributed by atoms with Crippen LogP contribution in [0.4, 0.5) is 0 Å². The summed E-state index contributed by atoms with van der Waals surface area (Å²) in [5, 5.41) is 0. The number of nitrogens with two attached hydrogens (primary N) is 1. The van der Waals surface area contributed by atoms with Gasteiger partial charge in [0.25, 0.3) is 0 Å². The molecule has 0 radical (unpaired) electrons. The fraction of sp³-hybridized carbons (Fsp3) is 0.143. The van der Waals surface area contributed by atoms with Crippen LogP contribution in [0.25, 0.3) is 0 Å². The van der Waals surface area contributed by atoms with Crippen molar-refractivity contribution in [2.24, 2.45) is 5.90 Å². The molecule has 0 atom stereocenters. The molecule has 0 aromatic heterocycles. The van der Waals surface area contributed by atoms with Gasteiger partial charge in [-0.25, -0.2) is 5.90 Å². The quantitative estimate of drug-likeness (QED) is 0.389. The molecular weight excluding hydrogens is 314 g/mol. The zero-order chi connectivity index (χ0) is 16.7. The van der Waals surface area contributed by atoms with E-state index in [1.807, 2.05) is 11.8 Å². The maximum Gasteiger partial charge on any atom is 0.0907 e. The van der Waals surface area contributed by atoms with Gasteiger partial charge in [-0.15, -0.1) is 11.8 Å². The molecule has 0 amide bonds. The van der Waals surface area contributed by atoms with Gasteiger partial charge in [-0.2, -0.15) is 0 Å². The zero-order valence-electron chi connectivity index (χ0n) is 13.5. The van der Waals surface area contributed by atoms with Gasteiger partial charge in [0, 0.05) is 5.75 Å². The molecule has 0 saturated carbocycles. The minimum absolute atomic E-state index is 0.289. The summed E-state index contributed by atoms with van der Waals surface area (Å²) in [5.41, 5.74) is 3.76. The number of thioether (sulfide) groups is 1. The van der Waals surface area contributed by atoms with E-state index in [0.717, 1.165) is 5.75 Å². The van der Waals surface area contributed by atoms with E-state index < -0.39 is 0 Å². The lowest BCUT2D eigenvalue weighted by molar-refractivity contribution is 0.155. The smallest absolute Gasteiger partial charge is 0.0907 e. The first kappa shape index (κ1) is 16.8. The van der Waals surface area contributed by atoms with E-state index in [-0.39, 0.29) is 4.75 Å². The summed E-state index contributed by atoms with van der Waals surface area (Å²) in [4.78, 5) is 4.82. The highest BCUT2D eigenvalue weighted by Crippen LogP contribution is 2.48. The van der Waals surface area contributed by atoms with Crippen molar-refractivity contribution in [2.45, 2.75) is 4.75 Å². The second-order valence-electron chi connectivity index (χ2n) is 5.50. The first-order valence-corrected chi connectivity index (χ1v) is 8.98. The van der Waals surface area contributed by atoms with Gasteiger partial charge in [-0.3, -0.25) is 0 Å². The van der Waals surface area contributed by atoms with E-state index >= 15 is 0 Å². The fourth-order valence-electron chi connectivity index (χ4n) is 3.01. The Balaban J connectivity index is 2.20. The highest BCUT2D eigenvalue weighted by atomic mass is 32.2. The number of rotatable bonds is 7. The molecule has 0 aliphatic heterocycles. The van der Waals surface area contributed by atoms with Crippen molar-refractivity contribution in [1.82, 2.24) is 0 Å². The summed E-state index contributed by atoms with van der Waals surface area (Å²) >= 11 is 1.85. The summed E-state index contributed by atoms with van der Waals surface area (Å²) < 4.78 is -0.289. The van der Waals surface area contributed by atoms with Gasteiger partial charge < -0.3 is 4.84 Å². The van der Waals surface area contributed by atoms with Crippen LogP contribution in [0.3, 0.4) is 0 Å². The van der Waals surface area contributed by atoms with Crippen molar-refractivity contribution in [3.8, 4) is 0 Å². The summed E-state index contributed by atoms with van der Waals surface area (Å²) in [6.07, 6.45) is 0. The van der Waals surface area contributed by atoms with Crippen molar-refractivity contribution in [2.75, 3.05) is 12.4 Å². The molecular formula is C21H21NOS. The van der Waals surface area contributed by atoms with Gasteiger partial charge in [0.1, 0.15) is 0 Å². The molecule has 0 fully saturated rings. The molecule has 0 saturated heterocycles. The van der Waals surface area contributed by atoms with Crippen LogP contribution in [0.5, 0.6) is 0 Å². The van der Waals surface area contributed by atoms with Crippen LogP contribution in [0.1, 0.15) is 16.7 Å². The summed E-state index contributed by atoms with van der Waals surface area (Å²) in [6.45, 7) is 0.513. The standard InChI is InChI=1S/C21H21NOS/c22-23-16-17-24-21(18-10-4-1-5-11-18,19-12-6-2-7-13-19)20-14-8-3-9-15-20/h1-15H,16-17,22H2. The van der Waals surface area contributed by atoms with Gasteiger partial charge in [0.2, 0.25) is 0 Å². The highest BCUT2D eigenvalue weighted by molar-refractivity contribution is 8.00. The Hall–Kier alpha value is -2.07. The lowest BCUT2D eigenvalue weighted by Crippen LogP contribution is -2.27. The van der Waals surface area contributed by atoms with Crippen LogP contribution in [0, 0.1) is 0 Å². The zero-order valence-corrected chi connectivity index (χ0v) is 14.3.